The van der Waals surface area contributed by atoms with Gasteiger partial charge in [-0.05, 0) is 32.6 Å². The number of hydrogen-bond donors (Lipinski definition) is 1. The van der Waals surface area contributed by atoms with Crippen molar-refractivity contribution in [2.24, 2.45) is 5.10 Å². The summed E-state index contributed by atoms with van der Waals surface area (Å²) in [5.74, 6) is -0.360. The highest BCUT2D eigenvalue weighted by Gasteiger charge is 2.30. The van der Waals surface area contributed by atoms with Gasteiger partial charge in [-0.2, -0.15) is 5.10 Å². The van der Waals surface area contributed by atoms with Crippen molar-refractivity contribution in [3.05, 3.63) is 35.3 Å². The monoisotopic (exact) mass is 345 g/mol. The van der Waals surface area contributed by atoms with Crippen molar-refractivity contribution in [2.75, 3.05) is 14.1 Å². The molecule has 2 aliphatic carbocycles. The maximum atomic E-state index is 12.7. The van der Waals surface area contributed by atoms with Gasteiger partial charge in [0.15, 0.2) is 11.5 Å². The molecule has 1 fully saturated rings. The standard InChI is InChI=1S/C19H27N3O3/c1-5-6-7-8-9-17(23)25-16-12-15(22(3)4)13(2)19(24)18(16)21-20-14-10-11-14/h6-7,12,14,20H,5,8-11H2,1-4H3. The number of ether oxygens (including phenoxy) is 1. The molecule has 0 aromatic heterocycles. The molecule has 0 amide bonds. The van der Waals surface area contributed by atoms with Crippen molar-refractivity contribution >= 4 is 17.5 Å². The number of nitrogens with zero attached hydrogens (tertiary/aromatic N) is 2. The van der Waals surface area contributed by atoms with Crippen molar-refractivity contribution < 1.29 is 14.3 Å². The molecule has 0 radical (unpaired) electrons. The SMILES string of the molecule is CCC=CCCC(=O)OC1=CC(N(C)C)=C(C)C(=O)C1=NNC1CC1. The number of carbonyl (C=O) groups is 2. The Morgan fingerprint density at radius 3 is 2.72 bits per heavy atom. The van der Waals surface area contributed by atoms with Gasteiger partial charge in [0.05, 0.1) is 0 Å². The Morgan fingerprint density at radius 2 is 2.12 bits per heavy atom. The fourth-order valence-electron chi connectivity index (χ4n) is 2.38. The summed E-state index contributed by atoms with van der Waals surface area (Å²) >= 11 is 0. The van der Waals surface area contributed by atoms with Gasteiger partial charge in [0.1, 0.15) is 0 Å². The highest BCUT2D eigenvalue weighted by Crippen LogP contribution is 2.23. The Labute approximate surface area is 149 Å². The van der Waals surface area contributed by atoms with E-state index < -0.39 is 0 Å². The number of Topliss-reactive ketones (excluding diaryl/α,β-unsaturated/α-hetero) is 1. The van der Waals surface area contributed by atoms with Crippen LogP contribution >= 0.6 is 0 Å². The molecule has 2 aliphatic rings. The van der Waals surface area contributed by atoms with E-state index in [9.17, 15) is 9.59 Å². The van der Waals surface area contributed by atoms with E-state index in [-0.39, 0.29) is 29.6 Å². The molecule has 0 heterocycles. The molecule has 0 aromatic rings. The first-order chi connectivity index (χ1) is 11.9. The maximum absolute atomic E-state index is 12.7. The van der Waals surface area contributed by atoms with Gasteiger partial charge < -0.3 is 15.1 Å². The summed E-state index contributed by atoms with van der Waals surface area (Å²) in [6.45, 7) is 3.80. The summed E-state index contributed by atoms with van der Waals surface area (Å²) in [5.41, 5.74) is 4.46. The number of likely N-dealkylation sites (N-methyl/N-ethyl adjacent to an activating group) is 1. The molecule has 1 N–H and O–H groups in total. The molecule has 25 heavy (non-hydrogen) atoms. The second kappa shape index (κ2) is 8.65. The van der Waals surface area contributed by atoms with E-state index in [1.807, 2.05) is 38.1 Å². The fraction of sp³-hybridized carbons (Fsp3) is 0.526. The summed E-state index contributed by atoms with van der Waals surface area (Å²) in [4.78, 5) is 26.6. The van der Waals surface area contributed by atoms with Gasteiger partial charge in [0.25, 0.3) is 0 Å². The molecule has 0 spiro atoms. The molecule has 6 heteroatoms. The second-order valence-corrected chi connectivity index (χ2v) is 6.50. The van der Waals surface area contributed by atoms with Crippen LogP contribution in [0.4, 0.5) is 0 Å². The van der Waals surface area contributed by atoms with Crippen molar-refractivity contribution in [1.82, 2.24) is 10.3 Å². The summed E-state index contributed by atoms with van der Waals surface area (Å²) in [5, 5.41) is 4.22. The van der Waals surface area contributed by atoms with Crippen LogP contribution in [-0.2, 0) is 14.3 Å². The third kappa shape index (κ3) is 5.31. The molecule has 0 atom stereocenters. The van der Waals surface area contributed by atoms with Crippen molar-refractivity contribution in [3.8, 4) is 0 Å². The molecule has 0 aromatic carbocycles. The summed E-state index contributed by atoms with van der Waals surface area (Å²) in [7, 11) is 3.70. The van der Waals surface area contributed by atoms with Crippen molar-refractivity contribution in [3.63, 3.8) is 0 Å². The lowest BCUT2D eigenvalue weighted by atomic mass is 9.98. The predicted molar refractivity (Wildman–Crippen MR) is 97.8 cm³/mol. The molecule has 0 unspecified atom stereocenters. The molecule has 6 nitrogen and oxygen atoms in total. The molecule has 0 saturated heterocycles. The third-order valence-electron chi connectivity index (χ3n) is 4.00. The topological polar surface area (TPSA) is 71.0 Å². The summed E-state index contributed by atoms with van der Waals surface area (Å²) < 4.78 is 5.47. The highest BCUT2D eigenvalue weighted by atomic mass is 16.5. The van der Waals surface area contributed by atoms with E-state index in [4.69, 9.17) is 4.74 Å². The lowest BCUT2D eigenvalue weighted by Crippen LogP contribution is -2.31. The Bertz CT molecular complexity index is 653. The molecular weight excluding hydrogens is 318 g/mol. The average molecular weight is 345 g/mol. The number of rotatable bonds is 8. The fourth-order valence-corrected chi connectivity index (χ4v) is 2.38. The first kappa shape index (κ1) is 19.0. The van der Waals surface area contributed by atoms with E-state index >= 15 is 0 Å². The zero-order chi connectivity index (χ0) is 18.4. The minimum atomic E-state index is -0.364. The quantitative estimate of drug-likeness (QED) is 0.317. The summed E-state index contributed by atoms with van der Waals surface area (Å²) in [6.07, 6.45) is 9.61. The van der Waals surface area contributed by atoms with Crippen LogP contribution in [0.5, 0.6) is 0 Å². The van der Waals surface area contributed by atoms with Crippen LogP contribution in [0.1, 0.15) is 46.0 Å². The van der Waals surface area contributed by atoms with Crippen LogP contribution in [0.3, 0.4) is 0 Å². The average Bonchev–Trinajstić information content (AvgIpc) is 3.38. The van der Waals surface area contributed by atoms with Gasteiger partial charge in [-0.1, -0.05) is 19.1 Å². The van der Waals surface area contributed by atoms with Gasteiger partial charge in [-0.25, -0.2) is 0 Å². The van der Waals surface area contributed by atoms with Crippen LogP contribution in [-0.4, -0.2) is 42.5 Å². The van der Waals surface area contributed by atoms with Crippen molar-refractivity contribution in [1.29, 1.82) is 0 Å². The zero-order valence-electron chi connectivity index (χ0n) is 15.5. The van der Waals surface area contributed by atoms with E-state index in [1.54, 1.807) is 13.0 Å². The number of esters is 1. The smallest absolute Gasteiger partial charge is 0.311 e. The first-order valence-electron chi connectivity index (χ1n) is 8.77. The van der Waals surface area contributed by atoms with Gasteiger partial charge in [-0.15, -0.1) is 0 Å². The van der Waals surface area contributed by atoms with Crippen LogP contribution in [0, 0.1) is 0 Å². The normalized spacial score (nSPS) is 19.4. The number of carbonyl (C=O) groups excluding carboxylic acids is 2. The van der Waals surface area contributed by atoms with Gasteiger partial charge in [0, 0.05) is 43.9 Å². The lowest BCUT2D eigenvalue weighted by molar-refractivity contribution is -0.138. The van der Waals surface area contributed by atoms with Crippen molar-refractivity contribution in [2.45, 2.75) is 52.0 Å². The van der Waals surface area contributed by atoms with E-state index in [1.165, 1.54) is 0 Å². The molecule has 136 valence electrons. The number of hydrogen-bond acceptors (Lipinski definition) is 6. The Balaban J connectivity index is 2.16. The molecule has 0 aliphatic heterocycles. The first-order valence-corrected chi connectivity index (χ1v) is 8.77. The Morgan fingerprint density at radius 1 is 1.40 bits per heavy atom. The maximum Gasteiger partial charge on any atom is 0.311 e. The predicted octanol–water partition coefficient (Wildman–Crippen LogP) is 2.69. The molecule has 1 saturated carbocycles. The number of ketones is 1. The third-order valence-corrected chi connectivity index (χ3v) is 4.00. The summed E-state index contributed by atoms with van der Waals surface area (Å²) in [6, 6.07) is 0.316. The van der Waals surface area contributed by atoms with E-state index in [0.717, 1.165) is 25.0 Å². The zero-order valence-corrected chi connectivity index (χ0v) is 15.5. The van der Waals surface area contributed by atoms with Crippen LogP contribution in [0.2, 0.25) is 0 Å². The number of nitrogens with one attached hydrogen (secondary N) is 1. The lowest BCUT2D eigenvalue weighted by Gasteiger charge is -2.23. The molecule has 0 bridgehead atoms. The van der Waals surface area contributed by atoms with Gasteiger partial charge >= 0.3 is 5.97 Å². The van der Waals surface area contributed by atoms with Gasteiger partial charge in [0.2, 0.25) is 5.78 Å². The number of allylic oxidation sites excluding steroid dienone is 5. The Hall–Kier alpha value is -2.37. The van der Waals surface area contributed by atoms with E-state index in [0.29, 0.717) is 18.0 Å². The Kier molecular flexibility index (Phi) is 6.56. The number of hydrazone groups is 1. The van der Waals surface area contributed by atoms with Gasteiger partial charge in [-0.3, -0.25) is 9.59 Å². The second-order valence-electron chi connectivity index (χ2n) is 6.50. The van der Waals surface area contributed by atoms with Crippen LogP contribution in [0.25, 0.3) is 0 Å². The largest absolute Gasteiger partial charge is 0.424 e. The van der Waals surface area contributed by atoms with Crippen LogP contribution in [0.15, 0.2) is 40.4 Å². The highest BCUT2D eigenvalue weighted by molar-refractivity contribution is 6.51. The molecule has 2 rings (SSSR count). The molecular formula is C19H27N3O3. The minimum absolute atomic E-state index is 0.174. The minimum Gasteiger partial charge on any atom is -0.424 e. The van der Waals surface area contributed by atoms with Crippen LogP contribution < -0.4 is 5.43 Å². The van der Waals surface area contributed by atoms with E-state index in [2.05, 4.69) is 10.5 Å².